The Kier molecular flexibility index (Phi) is 4.56. The van der Waals surface area contributed by atoms with E-state index in [0.717, 1.165) is 3.57 Å². The van der Waals surface area contributed by atoms with Gasteiger partial charge < -0.3 is 15.1 Å². The summed E-state index contributed by atoms with van der Waals surface area (Å²) in [6.45, 7) is 0.186. The molecule has 2 aromatic rings. The van der Waals surface area contributed by atoms with Crippen LogP contribution >= 0.6 is 22.6 Å². The zero-order valence-corrected chi connectivity index (χ0v) is 12.0. The molecule has 98 valence electrons. The van der Waals surface area contributed by atoms with Crippen LogP contribution in [0.4, 0.5) is 5.69 Å². The number of halogens is 1. The van der Waals surface area contributed by atoms with E-state index in [0.29, 0.717) is 11.4 Å². The van der Waals surface area contributed by atoms with Gasteiger partial charge in [0.1, 0.15) is 5.76 Å². The summed E-state index contributed by atoms with van der Waals surface area (Å²) in [6.07, 6.45) is 1.51. The number of carbonyl (C=O) groups is 2. The van der Waals surface area contributed by atoms with Crippen molar-refractivity contribution >= 4 is 40.1 Å². The number of hydrogen-bond acceptors (Lipinski definition) is 3. The fraction of sp³-hybridized carbons (Fsp3) is 0.0769. The first-order valence-electron chi connectivity index (χ1n) is 5.52. The van der Waals surface area contributed by atoms with Crippen molar-refractivity contribution in [3.8, 4) is 0 Å². The van der Waals surface area contributed by atoms with E-state index >= 15 is 0 Å². The van der Waals surface area contributed by atoms with Crippen LogP contribution in [-0.4, -0.2) is 11.8 Å². The molecule has 0 unspecified atom stereocenters. The molecule has 5 nitrogen and oxygen atoms in total. The van der Waals surface area contributed by atoms with Gasteiger partial charge in [-0.1, -0.05) is 0 Å². The molecule has 2 N–H and O–H groups in total. The van der Waals surface area contributed by atoms with Crippen LogP contribution in [0, 0.1) is 3.57 Å². The minimum absolute atomic E-state index is 0.186. The predicted octanol–water partition coefficient (Wildman–Crippen LogP) is 2.14. The number of hydrogen-bond donors (Lipinski definition) is 2. The van der Waals surface area contributed by atoms with Gasteiger partial charge in [-0.25, -0.2) is 0 Å². The summed E-state index contributed by atoms with van der Waals surface area (Å²) in [5.74, 6) is -0.807. The molecule has 6 heteroatoms. The van der Waals surface area contributed by atoms with Crippen LogP contribution in [0.2, 0.25) is 0 Å². The molecule has 1 aromatic carbocycles. The number of amides is 2. The topological polar surface area (TPSA) is 71.3 Å². The Morgan fingerprint density at radius 3 is 2.47 bits per heavy atom. The average molecular weight is 370 g/mol. The Labute approximate surface area is 123 Å². The summed E-state index contributed by atoms with van der Waals surface area (Å²) in [5.41, 5.74) is 0.582. The third-order valence-electron chi connectivity index (χ3n) is 2.31. The lowest BCUT2D eigenvalue weighted by molar-refractivity contribution is -0.136. The van der Waals surface area contributed by atoms with Crippen LogP contribution in [0.25, 0.3) is 0 Å². The molecule has 0 aliphatic carbocycles. The lowest BCUT2D eigenvalue weighted by Gasteiger charge is -2.05. The first-order valence-corrected chi connectivity index (χ1v) is 6.60. The monoisotopic (exact) mass is 370 g/mol. The third-order valence-corrected chi connectivity index (χ3v) is 3.03. The molecule has 0 saturated heterocycles. The zero-order valence-electron chi connectivity index (χ0n) is 9.85. The first-order chi connectivity index (χ1) is 9.15. The Hall–Kier alpha value is -1.83. The second-order valence-electron chi connectivity index (χ2n) is 3.72. The maximum absolute atomic E-state index is 11.6. The number of rotatable bonds is 3. The smallest absolute Gasteiger partial charge is 0.313 e. The normalized spacial score (nSPS) is 9.95. The molecule has 1 heterocycles. The number of benzene rings is 1. The maximum atomic E-state index is 11.6. The summed E-state index contributed by atoms with van der Waals surface area (Å²) >= 11 is 2.16. The molecule has 2 amide bonds. The molecule has 19 heavy (non-hydrogen) atoms. The highest BCUT2D eigenvalue weighted by atomic mass is 127. The van der Waals surface area contributed by atoms with Gasteiger partial charge in [0.15, 0.2) is 0 Å². The van der Waals surface area contributed by atoms with E-state index < -0.39 is 11.8 Å². The summed E-state index contributed by atoms with van der Waals surface area (Å²) in [5, 5.41) is 4.98. The summed E-state index contributed by atoms with van der Waals surface area (Å²) < 4.78 is 6.10. The van der Waals surface area contributed by atoms with Crippen molar-refractivity contribution in [2.24, 2.45) is 0 Å². The van der Waals surface area contributed by atoms with E-state index in [1.807, 2.05) is 12.1 Å². The molecule has 0 atom stereocenters. The molecule has 0 spiro atoms. The van der Waals surface area contributed by atoms with E-state index in [2.05, 4.69) is 33.2 Å². The Bertz CT molecular complexity index is 564. The Balaban J connectivity index is 1.85. The van der Waals surface area contributed by atoms with Gasteiger partial charge in [-0.3, -0.25) is 9.59 Å². The van der Waals surface area contributed by atoms with Crippen molar-refractivity contribution in [2.75, 3.05) is 5.32 Å². The first kappa shape index (κ1) is 13.6. The van der Waals surface area contributed by atoms with Gasteiger partial charge in [-0.2, -0.15) is 0 Å². The summed E-state index contributed by atoms with van der Waals surface area (Å²) in [7, 11) is 0. The van der Waals surface area contributed by atoms with Gasteiger partial charge in [0.2, 0.25) is 0 Å². The average Bonchev–Trinajstić information content (AvgIpc) is 2.91. The minimum atomic E-state index is -0.701. The highest BCUT2D eigenvalue weighted by molar-refractivity contribution is 14.1. The Morgan fingerprint density at radius 1 is 1.11 bits per heavy atom. The van der Waals surface area contributed by atoms with Crippen LogP contribution in [0.1, 0.15) is 5.76 Å². The second kappa shape index (κ2) is 6.37. The quantitative estimate of drug-likeness (QED) is 0.643. The zero-order chi connectivity index (χ0) is 13.7. The van der Waals surface area contributed by atoms with E-state index in [4.69, 9.17) is 4.42 Å². The van der Waals surface area contributed by atoms with Crippen molar-refractivity contribution < 1.29 is 14.0 Å². The third kappa shape index (κ3) is 4.09. The molecule has 0 fully saturated rings. The highest BCUT2D eigenvalue weighted by Gasteiger charge is 2.13. The van der Waals surface area contributed by atoms with E-state index in [1.54, 1.807) is 24.3 Å². The van der Waals surface area contributed by atoms with Crippen LogP contribution in [0.3, 0.4) is 0 Å². The van der Waals surface area contributed by atoms with Crippen molar-refractivity contribution in [2.45, 2.75) is 6.54 Å². The summed E-state index contributed by atoms with van der Waals surface area (Å²) in [4.78, 5) is 23.1. The molecule has 2 rings (SSSR count). The van der Waals surface area contributed by atoms with Crippen LogP contribution in [-0.2, 0) is 16.1 Å². The van der Waals surface area contributed by atoms with Crippen molar-refractivity contribution in [1.29, 1.82) is 0 Å². The van der Waals surface area contributed by atoms with E-state index in [9.17, 15) is 9.59 Å². The standard InChI is InChI=1S/C13H11IN2O3/c14-9-3-5-10(6-4-9)16-13(18)12(17)15-8-11-2-1-7-19-11/h1-7H,8H2,(H,15,17)(H,16,18). The van der Waals surface area contributed by atoms with Crippen LogP contribution in [0.5, 0.6) is 0 Å². The molecular formula is C13H11IN2O3. The van der Waals surface area contributed by atoms with Gasteiger partial charge in [-0.15, -0.1) is 0 Å². The van der Waals surface area contributed by atoms with Gasteiger partial charge in [0.25, 0.3) is 0 Å². The second-order valence-corrected chi connectivity index (χ2v) is 4.97. The lowest BCUT2D eigenvalue weighted by Crippen LogP contribution is -2.34. The number of nitrogens with one attached hydrogen (secondary N) is 2. The Morgan fingerprint density at radius 2 is 1.84 bits per heavy atom. The van der Waals surface area contributed by atoms with Crippen molar-refractivity contribution in [3.63, 3.8) is 0 Å². The fourth-order valence-corrected chi connectivity index (χ4v) is 1.74. The molecule has 0 bridgehead atoms. The van der Waals surface area contributed by atoms with Gasteiger partial charge >= 0.3 is 11.8 Å². The molecular weight excluding hydrogens is 359 g/mol. The molecule has 0 aliphatic heterocycles. The fourth-order valence-electron chi connectivity index (χ4n) is 1.38. The van der Waals surface area contributed by atoms with Gasteiger partial charge in [0.05, 0.1) is 12.8 Å². The van der Waals surface area contributed by atoms with Gasteiger partial charge in [-0.05, 0) is 59.0 Å². The molecule has 1 aromatic heterocycles. The van der Waals surface area contributed by atoms with Crippen LogP contribution < -0.4 is 10.6 Å². The SMILES string of the molecule is O=C(NCc1ccco1)C(=O)Nc1ccc(I)cc1. The van der Waals surface area contributed by atoms with Crippen molar-refractivity contribution in [1.82, 2.24) is 5.32 Å². The van der Waals surface area contributed by atoms with Gasteiger partial charge in [0, 0.05) is 9.26 Å². The predicted molar refractivity (Wildman–Crippen MR) is 78.3 cm³/mol. The number of anilines is 1. The number of carbonyl (C=O) groups excluding carboxylic acids is 2. The molecule has 0 aliphatic rings. The van der Waals surface area contributed by atoms with Crippen molar-refractivity contribution in [3.05, 3.63) is 52.0 Å². The lowest BCUT2D eigenvalue weighted by atomic mass is 10.3. The largest absolute Gasteiger partial charge is 0.467 e. The minimum Gasteiger partial charge on any atom is -0.467 e. The maximum Gasteiger partial charge on any atom is 0.313 e. The molecule has 0 saturated carbocycles. The summed E-state index contributed by atoms with van der Waals surface area (Å²) in [6, 6.07) is 10.6. The van der Waals surface area contributed by atoms with E-state index in [-0.39, 0.29) is 6.54 Å². The highest BCUT2D eigenvalue weighted by Crippen LogP contribution is 2.10. The van der Waals surface area contributed by atoms with E-state index in [1.165, 1.54) is 6.26 Å². The van der Waals surface area contributed by atoms with Crippen LogP contribution in [0.15, 0.2) is 47.1 Å². The molecule has 0 radical (unpaired) electrons. The number of furan rings is 1.